The number of halogens is 1. The van der Waals surface area contributed by atoms with E-state index in [1.807, 2.05) is 0 Å². The number of nitrogens with one attached hydrogen (secondary N) is 1. The van der Waals surface area contributed by atoms with Gasteiger partial charge in [0.15, 0.2) is 0 Å². The van der Waals surface area contributed by atoms with E-state index >= 15 is 0 Å². The van der Waals surface area contributed by atoms with Crippen molar-refractivity contribution in [3.8, 4) is 6.07 Å². The van der Waals surface area contributed by atoms with Gasteiger partial charge in [0.25, 0.3) is 0 Å². The standard InChI is InChI=1S/C13H13BrN2O2/c14-10-6-9(7-15)2-3-11(10)16-8-13(12(17)18)4-1-5-13/h2-3,6,16H,1,4-5,8H2,(H,17,18). The van der Waals surface area contributed by atoms with Crippen LogP contribution in [0.2, 0.25) is 0 Å². The van der Waals surface area contributed by atoms with Crippen molar-refractivity contribution in [2.24, 2.45) is 5.41 Å². The molecule has 1 aromatic rings. The monoisotopic (exact) mass is 308 g/mol. The van der Waals surface area contributed by atoms with Crippen LogP contribution in [0.1, 0.15) is 24.8 Å². The molecule has 4 nitrogen and oxygen atoms in total. The van der Waals surface area contributed by atoms with E-state index in [1.165, 1.54) is 0 Å². The minimum Gasteiger partial charge on any atom is -0.481 e. The highest BCUT2D eigenvalue weighted by atomic mass is 79.9. The van der Waals surface area contributed by atoms with Crippen molar-refractivity contribution in [2.75, 3.05) is 11.9 Å². The van der Waals surface area contributed by atoms with E-state index in [0.717, 1.165) is 29.4 Å². The summed E-state index contributed by atoms with van der Waals surface area (Å²) in [6.07, 6.45) is 2.43. The first-order valence-corrected chi connectivity index (χ1v) is 6.54. The average molecular weight is 309 g/mol. The highest BCUT2D eigenvalue weighted by Crippen LogP contribution is 2.41. The molecule has 5 heteroatoms. The van der Waals surface area contributed by atoms with E-state index in [2.05, 4.69) is 27.3 Å². The molecule has 0 bridgehead atoms. The van der Waals surface area contributed by atoms with Crippen LogP contribution in [0.4, 0.5) is 5.69 Å². The molecular weight excluding hydrogens is 296 g/mol. The van der Waals surface area contributed by atoms with Gasteiger partial charge in [-0.3, -0.25) is 4.79 Å². The summed E-state index contributed by atoms with van der Waals surface area (Å²) in [5, 5.41) is 21.1. The van der Waals surface area contributed by atoms with Gasteiger partial charge >= 0.3 is 5.97 Å². The summed E-state index contributed by atoms with van der Waals surface area (Å²) in [6, 6.07) is 7.27. The number of nitrogens with zero attached hydrogens (tertiary/aromatic N) is 1. The van der Waals surface area contributed by atoms with E-state index in [1.54, 1.807) is 18.2 Å². The van der Waals surface area contributed by atoms with Crippen molar-refractivity contribution < 1.29 is 9.90 Å². The molecule has 18 heavy (non-hydrogen) atoms. The summed E-state index contributed by atoms with van der Waals surface area (Å²) < 4.78 is 0.779. The van der Waals surface area contributed by atoms with Crippen LogP contribution in [0.5, 0.6) is 0 Å². The van der Waals surface area contributed by atoms with Crippen LogP contribution in [0.3, 0.4) is 0 Å². The number of benzene rings is 1. The lowest BCUT2D eigenvalue weighted by Crippen LogP contribution is -2.43. The van der Waals surface area contributed by atoms with Crippen molar-refractivity contribution in [2.45, 2.75) is 19.3 Å². The summed E-state index contributed by atoms with van der Waals surface area (Å²) in [6.45, 7) is 0.423. The van der Waals surface area contributed by atoms with Gasteiger partial charge < -0.3 is 10.4 Å². The Morgan fingerprint density at radius 1 is 1.56 bits per heavy atom. The molecule has 0 atom stereocenters. The van der Waals surface area contributed by atoms with E-state index in [0.29, 0.717) is 12.1 Å². The molecule has 1 aromatic carbocycles. The Labute approximate surface area is 114 Å². The number of carbonyl (C=O) groups is 1. The van der Waals surface area contributed by atoms with E-state index < -0.39 is 11.4 Å². The number of rotatable bonds is 4. The van der Waals surface area contributed by atoms with Crippen LogP contribution in [0.25, 0.3) is 0 Å². The first-order valence-electron chi connectivity index (χ1n) is 5.74. The third kappa shape index (κ3) is 2.34. The number of hydrogen-bond acceptors (Lipinski definition) is 3. The van der Waals surface area contributed by atoms with Crippen molar-refractivity contribution in [3.63, 3.8) is 0 Å². The maximum atomic E-state index is 11.2. The molecule has 2 rings (SSSR count). The lowest BCUT2D eigenvalue weighted by atomic mass is 9.69. The number of anilines is 1. The normalized spacial score (nSPS) is 16.4. The van der Waals surface area contributed by atoms with E-state index in [-0.39, 0.29) is 0 Å². The highest BCUT2D eigenvalue weighted by Gasteiger charge is 2.44. The molecule has 1 fully saturated rings. The predicted molar refractivity (Wildman–Crippen MR) is 71.3 cm³/mol. The topological polar surface area (TPSA) is 73.1 Å². The van der Waals surface area contributed by atoms with Crippen molar-refractivity contribution in [1.82, 2.24) is 0 Å². The quantitative estimate of drug-likeness (QED) is 0.897. The summed E-state index contributed by atoms with van der Waals surface area (Å²) in [5.41, 5.74) is 0.776. The number of carboxylic acid groups (broad SMARTS) is 1. The van der Waals surface area contributed by atoms with Crippen molar-refractivity contribution >= 4 is 27.6 Å². The molecule has 2 N–H and O–H groups in total. The molecule has 0 aromatic heterocycles. The predicted octanol–water partition coefficient (Wildman–Crippen LogP) is 2.99. The van der Waals surface area contributed by atoms with Crippen LogP contribution >= 0.6 is 15.9 Å². The zero-order valence-electron chi connectivity index (χ0n) is 9.74. The molecule has 0 radical (unpaired) electrons. The van der Waals surface area contributed by atoms with Gasteiger partial charge in [-0.1, -0.05) is 6.42 Å². The molecule has 0 amide bonds. The van der Waals surface area contributed by atoms with E-state index in [4.69, 9.17) is 5.26 Å². The second-order valence-corrected chi connectivity index (χ2v) is 5.45. The number of carboxylic acids is 1. The molecule has 0 unspecified atom stereocenters. The third-order valence-electron chi connectivity index (χ3n) is 3.48. The smallest absolute Gasteiger partial charge is 0.311 e. The summed E-state index contributed by atoms with van der Waals surface area (Å²) in [4.78, 5) is 11.2. The van der Waals surface area contributed by atoms with Crippen LogP contribution in [0, 0.1) is 16.7 Å². The maximum Gasteiger partial charge on any atom is 0.311 e. The molecule has 0 aliphatic heterocycles. The van der Waals surface area contributed by atoms with Gasteiger partial charge in [0.2, 0.25) is 0 Å². The molecular formula is C13H13BrN2O2. The Morgan fingerprint density at radius 3 is 2.72 bits per heavy atom. The Bertz CT molecular complexity index is 518. The van der Waals surface area contributed by atoms with Gasteiger partial charge in [-0.15, -0.1) is 0 Å². The Morgan fingerprint density at radius 2 is 2.28 bits per heavy atom. The SMILES string of the molecule is N#Cc1ccc(NCC2(C(=O)O)CCC2)c(Br)c1. The van der Waals surface area contributed by atoms with Gasteiger partial charge in [0.1, 0.15) is 0 Å². The Balaban J connectivity index is 2.07. The van der Waals surface area contributed by atoms with Crippen LogP contribution in [0.15, 0.2) is 22.7 Å². The molecule has 1 saturated carbocycles. The van der Waals surface area contributed by atoms with Gasteiger partial charge in [-0.2, -0.15) is 5.26 Å². The summed E-state index contributed by atoms with van der Waals surface area (Å²) in [7, 11) is 0. The number of aliphatic carboxylic acids is 1. The van der Waals surface area contributed by atoms with Gasteiger partial charge in [-0.05, 0) is 47.0 Å². The van der Waals surface area contributed by atoms with Gasteiger partial charge in [0.05, 0.1) is 17.0 Å². The lowest BCUT2D eigenvalue weighted by molar-refractivity contribution is -0.153. The Kier molecular flexibility index (Phi) is 3.58. The molecule has 0 saturated heterocycles. The summed E-state index contributed by atoms with van der Waals surface area (Å²) in [5.74, 6) is -0.731. The fourth-order valence-electron chi connectivity index (χ4n) is 2.06. The zero-order chi connectivity index (χ0) is 13.2. The Hall–Kier alpha value is -1.54. The largest absolute Gasteiger partial charge is 0.481 e. The molecule has 1 aliphatic carbocycles. The van der Waals surface area contributed by atoms with Gasteiger partial charge in [-0.25, -0.2) is 0 Å². The molecule has 0 heterocycles. The fraction of sp³-hybridized carbons (Fsp3) is 0.385. The highest BCUT2D eigenvalue weighted by molar-refractivity contribution is 9.10. The zero-order valence-corrected chi connectivity index (χ0v) is 11.3. The van der Waals surface area contributed by atoms with Crippen LogP contribution in [-0.2, 0) is 4.79 Å². The van der Waals surface area contributed by atoms with Crippen molar-refractivity contribution in [3.05, 3.63) is 28.2 Å². The first-order chi connectivity index (χ1) is 8.57. The third-order valence-corrected chi connectivity index (χ3v) is 4.14. The fourth-order valence-corrected chi connectivity index (χ4v) is 2.58. The van der Waals surface area contributed by atoms with Crippen LogP contribution in [-0.4, -0.2) is 17.6 Å². The second-order valence-electron chi connectivity index (χ2n) is 4.60. The lowest BCUT2D eigenvalue weighted by Gasteiger charge is -2.38. The summed E-state index contributed by atoms with van der Waals surface area (Å²) >= 11 is 3.37. The number of hydrogen-bond donors (Lipinski definition) is 2. The van der Waals surface area contributed by atoms with Crippen molar-refractivity contribution in [1.29, 1.82) is 5.26 Å². The number of nitriles is 1. The minimum absolute atomic E-state index is 0.423. The maximum absolute atomic E-state index is 11.2. The van der Waals surface area contributed by atoms with Crippen LogP contribution < -0.4 is 5.32 Å². The molecule has 94 valence electrons. The molecule has 1 aliphatic rings. The van der Waals surface area contributed by atoms with E-state index in [9.17, 15) is 9.90 Å². The molecule has 0 spiro atoms. The minimum atomic E-state index is -0.731. The second kappa shape index (κ2) is 4.99. The van der Waals surface area contributed by atoms with Gasteiger partial charge in [0, 0.05) is 16.7 Å². The average Bonchev–Trinajstić information content (AvgIpc) is 2.28. The first kappa shape index (κ1) is 12.9.